The molecule has 0 radical (unpaired) electrons. The van der Waals surface area contributed by atoms with Crippen LogP contribution in [0.15, 0.2) is 46.2 Å². The van der Waals surface area contributed by atoms with Crippen LogP contribution in [-0.2, 0) is 31.3 Å². The molecule has 0 bridgehead atoms. The molecule has 1 N–H and O–H groups in total. The molecule has 2 aliphatic rings. The van der Waals surface area contributed by atoms with Crippen LogP contribution in [0.1, 0.15) is 38.2 Å². The molecule has 1 amide bonds. The van der Waals surface area contributed by atoms with Gasteiger partial charge in [-0.25, -0.2) is 16.8 Å². The van der Waals surface area contributed by atoms with Gasteiger partial charge in [0.2, 0.25) is 15.9 Å². The van der Waals surface area contributed by atoms with Crippen molar-refractivity contribution in [3.05, 3.63) is 42.0 Å². The Balaban J connectivity index is 1.63. The van der Waals surface area contributed by atoms with E-state index in [9.17, 15) is 21.6 Å². The number of ether oxygens (including phenoxy) is 1. The number of nitrogens with one attached hydrogen (secondary N) is 1. The van der Waals surface area contributed by atoms with E-state index >= 15 is 0 Å². The Labute approximate surface area is 200 Å². The number of carbonyl (C=O) groups excluding carboxylic acids is 1. The summed E-state index contributed by atoms with van der Waals surface area (Å²) in [7, 11) is -6.44. The molecule has 0 saturated carbocycles. The number of carbonyl (C=O) groups is 1. The van der Waals surface area contributed by atoms with Crippen molar-refractivity contribution in [2.24, 2.45) is 0 Å². The molecule has 0 aliphatic carbocycles. The standard InChI is InChI=1S/C23H29N3O6S2/c1-3-23(27)26-14-11-17-15-19(8-9-20(17)26)33(28,29)24-18-7-10-21(32-2)22(16-18)34(30,31)25-12-5-4-6-13-25/h7-10,15-16,24H,3-6,11-14H2,1-2H3. The van der Waals surface area contributed by atoms with E-state index in [1.54, 1.807) is 24.0 Å². The number of anilines is 2. The van der Waals surface area contributed by atoms with Crippen molar-refractivity contribution < 1.29 is 26.4 Å². The van der Waals surface area contributed by atoms with E-state index in [0.29, 0.717) is 32.5 Å². The Morgan fingerprint density at radius 2 is 1.74 bits per heavy atom. The van der Waals surface area contributed by atoms with Gasteiger partial charge in [-0.15, -0.1) is 0 Å². The highest BCUT2D eigenvalue weighted by Crippen LogP contribution is 2.34. The van der Waals surface area contributed by atoms with Gasteiger partial charge in [0, 0.05) is 31.7 Å². The fourth-order valence-electron chi connectivity index (χ4n) is 4.40. The average Bonchev–Trinajstić information content (AvgIpc) is 3.27. The Hall–Kier alpha value is -2.63. The molecule has 0 unspecified atom stereocenters. The van der Waals surface area contributed by atoms with Gasteiger partial charge in [-0.1, -0.05) is 13.3 Å². The molecule has 2 heterocycles. The molecular formula is C23H29N3O6S2. The third-order valence-electron chi connectivity index (χ3n) is 6.21. The Bertz CT molecular complexity index is 1300. The van der Waals surface area contributed by atoms with E-state index in [1.165, 1.54) is 35.7 Å². The minimum Gasteiger partial charge on any atom is -0.495 e. The van der Waals surface area contributed by atoms with Crippen LogP contribution in [-0.4, -0.2) is 53.8 Å². The van der Waals surface area contributed by atoms with Crippen LogP contribution in [0.2, 0.25) is 0 Å². The first-order chi connectivity index (χ1) is 16.2. The maximum atomic E-state index is 13.2. The molecule has 0 aromatic heterocycles. The number of nitrogens with zero attached hydrogens (tertiary/aromatic N) is 2. The lowest BCUT2D eigenvalue weighted by atomic mass is 10.2. The highest BCUT2D eigenvalue weighted by atomic mass is 32.2. The minimum atomic E-state index is -3.99. The summed E-state index contributed by atoms with van der Waals surface area (Å²) in [6.45, 7) is 3.16. The lowest BCUT2D eigenvalue weighted by Gasteiger charge is -2.26. The second-order valence-corrected chi connectivity index (χ2v) is 12.0. The van der Waals surface area contributed by atoms with Crippen molar-refractivity contribution >= 4 is 37.3 Å². The maximum Gasteiger partial charge on any atom is 0.261 e. The number of hydrogen-bond acceptors (Lipinski definition) is 6. The highest BCUT2D eigenvalue weighted by molar-refractivity contribution is 7.92. The molecule has 9 nitrogen and oxygen atoms in total. The summed E-state index contributed by atoms with van der Waals surface area (Å²) in [4.78, 5) is 13.8. The monoisotopic (exact) mass is 507 g/mol. The first-order valence-electron chi connectivity index (χ1n) is 11.3. The summed E-state index contributed by atoms with van der Waals surface area (Å²) < 4.78 is 61.8. The van der Waals surface area contributed by atoms with Crippen molar-refractivity contribution in [2.45, 2.75) is 48.8 Å². The highest BCUT2D eigenvalue weighted by Gasteiger charge is 2.30. The number of rotatable bonds is 7. The summed E-state index contributed by atoms with van der Waals surface area (Å²) in [6, 6.07) is 8.89. The first-order valence-corrected chi connectivity index (χ1v) is 14.2. The van der Waals surface area contributed by atoms with Gasteiger partial charge in [0.1, 0.15) is 10.6 Å². The van der Waals surface area contributed by atoms with Gasteiger partial charge in [-0.3, -0.25) is 9.52 Å². The number of benzene rings is 2. The molecule has 2 aliphatic heterocycles. The summed E-state index contributed by atoms with van der Waals surface area (Å²) >= 11 is 0. The number of hydrogen-bond donors (Lipinski definition) is 1. The fraction of sp³-hybridized carbons (Fsp3) is 0.435. The zero-order valence-electron chi connectivity index (χ0n) is 19.3. The Kier molecular flexibility index (Phi) is 6.88. The number of sulfonamides is 2. The smallest absolute Gasteiger partial charge is 0.261 e. The van der Waals surface area contributed by atoms with Crippen molar-refractivity contribution in [3.8, 4) is 5.75 Å². The molecule has 0 spiro atoms. The van der Waals surface area contributed by atoms with Crippen LogP contribution in [0.25, 0.3) is 0 Å². The number of methoxy groups -OCH3 is 1. The second-order valence-electron chi connectivity index (χ2n) is 8.38. The van der Waals surface area contributed by atoms with Crippen molar-refractivity contribution in [2.75, 3.05) is 36.4 Å². The quantitative estimate of drug-likeness (QED) is 0.617. The lowest BCUT2D eigenvalue weighted by Crippen LogP contribution is -2.35. The largest absolute Gasteiger partial charge is 0.495 e. The minimum absolute atomic E-state index is 0.00633. The zero-order chi connectivity index (χ0) is 24.5. The first kappa shape index (κ1) is 24.5. The van der Waals surface area contributed by atoms with Crippen LogP contribution in [0.5, 0.6) is 5.75 Å². The Morgan fingerprint density at radius 3 is 2.41 bits per heavy atom. The van der Waals surface area contributed by atoms with E-state index < -0.39 is 20.0 Å². The van der Waals surface area contributed by atoms with Gasteiger partial charge in [-0.05, 0) is 61.2 Å². The normalized spacial score (nSPS) is 16.8. The summed E-state index contributed by atoms with van der Waals surface area (Å²) in [5.41, 5.74) is 1.64. The molecule has 4 rings (SSSR count). The molecule has 1 fully saturated rings. The van der Waals surface area contributed by atoms with Gasteiger partial charge in [0.05, 0.1) is 17.7 Å². The predicted octanol–water partition coefficient (Wildman–Crippen LogP) is 2.97. The summed E-state index contributed by atoms with van der Waals surface area (Å²) in [6.07, 6.45) is 3.50. The molecule has 0 atom stereocenters. The maximum absolute atomic E-state index is 13.2. The molecule has 184 valence electrons. The van der Waals surface area contributed by atoms with Crippen LogP contribution in [0.3, 0.4) is 0 Å². The van der Waals surface area contributed by atoms with Crippen LogP contribution in [0, 0.1) is 0 Å². The molecule has 11 heteroatoms. The molecule has 2 aromatic rings. The molecule has 1 saturated heterocycles. The third-order valence-corrected chi connectivity index (χ3v) is 9.51. The van der Waals surface area contributed by atoms with Crippen LogP contribution < -0.4 is 14.4 Å². The van der Waals surface area contributed by atoms with E-state index in [4.69, 9.17) is 4.74 Å². The van der Waals surface area contributed by atoms with Gasteiger partial charge in [0.25, 0.3) is 10.0 Å². The molecular weight excluding hydrogens is 478 g/mol. The van der Waals surface area contributed by atoms with E-state index in [-0.39, 0.29) is 27.1 Å². The van der Waals surface area contributed by atoms with Crippen molar-refractivity contribution in [1.82, 2.24) is 4.31 Å². The van der Waals surface area contributed by atoms with E-state index in [2.05, 4.69) is 4.72 Å². The van der Waals surface area contributed by atoms with Gasteiger partial charge < -0.3 is 9.64 Å². The van der Waals surface area contributed by atoms with Crippen LogP contribution >= 0.6 is 0 Å². The zero-order valence-corrected chi connectivity index (χ0v) is 20.9. The number of piperidine rings is 1. The average molecular weight is 508 g/mol. The third kappa shape index (κ3) is 4.64. The fourth-order valence-corrected chi connectivity index (χ4v) is 7.19. The predicted molar refractivity (Wildman–Crippen MR) is 129 cm³/mol. The summed E-state index contributed by atoms with van der Waals surface area (Å²) in [5.74, 6) is 0.153. The Morgan fingerprint density at radius 1 is 1.00 bits per heavy atom. The second kappa shape index (κ2) is 9.55. The van der Waals surface area contributed by atoms with Crippen molar-refractivity contribution in [1.29, 1.82) is 0 Å². The number of fused-ring (bicyclic) bond motifs is 1. The topological polar surface area (TPSA) is 113 Å². The SMILES string of the molecule is CCC(=O)N1CCc2cc(S(=O)(=O)Nc3ccc(OC)c(S(=O)(=O)N4CCCCC4)c3)ccc21. The van der Waals surface area contributed by atoms with Gasteiger partial charge in [-0.2, -0.15) is 4.31 Å². The molecule has 34 heavy (non-hydrogen) atoms. The summed E-state index contributed by atoms with van der Waals surface area (Å²) in [5, 5.41) is 0. The van der Waals surface area contributed by atoms with Gasteiger partial charge >= 0.3 is 0 Å². The van der Waals surface area contributed by atoms with Crippen molar-refractivity contribution in [3.63, 3.8) is 0 Å². The molecule has 2 aromatic carbocycles. The van der Waals surface area contributed by atoms with E-state index in [1.807, 2.05) is 0 Å². The van der Waals surface area contributed by atoms with E-state index in [0.717, 1.165) is 30.5 Å². The number of amides is 1. The lowest BCUT2D eigenvalue weighted by molar-refractivity contribution is -0.118. The van der Waals surface area contributed by atoms with Crippen LogP contribution in [0.4, 0.5) is 11.4 Å². The van der Waals surface area contributed by atoms with Gasteiger partial charge in [0.15, 0.2) is 0 Å².